The van der Waals surface area contributed by atoms with Gasteiger partial charge < -0.3 is 0 Å². The zero-order valence-electron chi connectivity index (χ0n) is 16.8. The predicted molar refractivity (Wildman–Crippen MR) is 122 cm³/mol. The van der Waals surface area contributed by atoms with Crippen LogP contribution in [0.25, 0.3) is 21.7 Å². The molecule has 1 heterocycles. The highest BCUT2D eigenvalue weighted by molar-refractivity contribution is 7.99. The quantitative estimate of drug-likeness (QED) is 0.178. The van der Waals surface area contributed by atoms with Gasteiger partial charge in [0.25, 0.3) is 0 Å². The molecule has 0 bridgehead atoms. The van der Waals surface area contributed by atoms with Crippen molar-refractivity contribution in [2.24, 2.45) is 0 Å². The van der Waals surface area contributed by atoms with Crippen molar-refractivity contribution in [3.8, 4) is 0 Å². The molecule has 27 heavy (non-hydrogen) atoms. The molecule has 0 radical (unpaired) electrons. The largest absolute Gasteiger partial charge is 0.241 e. The Morgan fingerprint density at radius 2 is 1.19 bits per heavy atom. The lowest BCUT2D eigenvalue weighted by Crippen LogP contribution is -1.89. The van der Waals surface area contributed by atoms with Gasteiger partial charge in [-0.05, 0) is 23.6 Å². The molecule has 3 aromatic rings. The zero-order chi connectivity index (χ0) is 18.7. The Balaban J connectivity index is 1.44. The lowest BCUT2D eigenvalue weighted by atomic mass is 10.1. The number of pyridine rings is 1. The summed E-state index contributed by atoms with van der Waals surface area (Å²) < 4.78 is 0. The summed E-state index contributed by atoms with van der Waals surface area (Å²) in [5, 5.41) is 5.08. The van der Waals surface area contributed by atoms with E-state index in [1.54, 1.807) is 0 Å². The van der Waals surface area contributed by atoms with Gasteiger partial charge in [0.15, 0.2) is 0 Å². The summed E-state index contributed by atoms with van der Waals surface area (Å²) in [4.78, 5) is 4.95. The summed E-state index contributed by atoms with van der Waals surface area (Å²) in [6.07, 6.45) is 13.9. The smallest absolute Gasteiger partial charge is 0.105 e. The molecule has 0 saturated carbocycles. The minimum Gasteiger partial charge on any atom is -0.241 e. The van der Waals surface area contributed by atoms with E-state index in [0.29, 0.717) is 0 Å². The summed E-state index contributed by atoms with van der Waals surface area (Å²) in [7, 11) is 0. The number of hydrogen-bond acceptors (Lipinski definition) is 2. The van der Waals surface area contributed by atoms with Crippen LogP contribution in [0.15, 0.2) is 53.6 Å². The molecular formula is C25H33NS. The van der Waals surface area contributed by atoms with E-state index in [2.05, 4.69) is 55.5 Å². The minimum absolute atomic E-state index is 1.11. The van der Waals surface area contributed by atoms with E-state index in [-0.39, 0.29) is 0 Å². The third-order valence-electron chi connectivity index (χ3n) is 5.31. The number of rotatable bonds is 12. The second-order valence-electron chi connectivity index (χ2n) is 7.51. The number of thioether (sulfide) groups is 1. The van der Waals surface area contributed by atoms with Crippen molar-refractivity contribution in [1.82, 2.24) is 4.98 Å². The van der Waals surface area contributed by atoms with E-state index in [0.717, 1.165) is 5.52 Å². The number of aromatic nitrogens is 1. The molecule has 0 amide bonds. The van der Waals surface area contributed by atoms with Gasteiger partial charge in [0.2, 0.25) is 0 Å². The monoisotopic (exact) mass is 379 g/mol. The van der Waals surface area contributed by atoms with Gasteiger partial charge in [-0.3, -0.25) is 0 Å². The van der Waals surface area contributed by atoms with Crippen molar-refractivity contribution in [2.45, 2.75) is 76.2 Å². The molecule has 3 rings (SSSR count). The van der Waals surface area contributed by atoms with Gasteiger partial charge in [0.1, 0.15) is 5.03 Å². The third kappa shape index (κ3) is 5.97. The van der Waals surface area contributed by atoms with Crippen LogP contribution in [-0.2, 0) is 0 Å². The molecule has 1 nitrogen and oxygen atoms in total. The number of benzene rings is 2. The van der Waals surface area contributed by atoms with E-state index in [9.17, 15) is 0 Å². The molecule has 2 aromatic carbocycles. The van der Waals surface area contributed by atoms with Crippen molar-refractivity contribution in [3.63, 3.8) is 0 Å². The molecule has 0 atom stereocenters. The van der Waals surface area contributed by atoms with Crippen LogP contribution in [0.4, 0.5) is 0 Å². The van der Waals surface area contributed by atoms with Crippen molar-refractivity contribution in [2.75, 3.05) is 5.75 Å². The van der Waals surface area contributed by atoms with Gasteiger partial charge >= 0.3 is 0 Å². The summed E-state index contributed by atoms with van der Waals surface area (Å²) in [6.45, 7) is 2.29. The predicted octanol–water partition coefficient (Wildman–Crippen LogP) is 8.40. The summed E-state index contributed by atoms with van der Waals surface area (Å²) in [5.74, 6) is 1.17. The van der Waals surface area contributed by atoms with Crippen molar-refractivity contribution < 1.29 is 0 Å². The molecular weight excluding hydrogens is 346 g/mol. The van der Waals surface area contributed by atoms with Crippen LogP contribution >= 0.6 is 11.8 Å². The van der Waals surface area contributed by atoms with Crippen LogP contribution in [0.1, 0.15) is 71.1 Å². The number of unbranched alkanes of at least 4 members (excludes halogenated alkanes) is 9. The first kappa shape index (κ1) is 20.2. The summed E-state index contributed by atoms with van der Waals surface area (Å²) >= 11 is 1.93. The molecule has 144 valence electrons. The fraction of sp³-hybridized carbons (Fsp3) is 0.480. The normalized spacial score (nSPS) is 11.4. The highest BCUT2D eigenvalue weighted by Crippen LogP contribution is 2.32. The van der Waals surface area contributed by atoms with Crippen LogP contribution in [0.2, 0.25) is 0 Å². The summed E-state index contributed by atoms with van der Waals surface area (Å²) in [6, 6.07) is 17.2. The molecule has 2 heteroatoms. The Morgan fingerprint density at radius 1 is 0.630 bits per heavy atom. The van der Waals surface area contributed by atoms with E-state index >= 15 is 0 Å². The molecule has 1 aromatic heterocycles. The highest BCUT2D eigenvalue weighted by Gasteiger charge is 2.08. The second kappa shape index (κ2) is 11.3. The van der Waals surface area contributed by atoms with Crippen LogP contribution in [0.3, 0.4) is 0 Å². The molecule has 0 aliphatic carbocycles. The van der Waals surface area contributed by atoms with Gasteiger partial charge in [-0.2, -0.15) is 0 Å². The molecule has 0 aliphatic rings. The lowest BCUT2D eigenvalue weighted by molar-refractivity contribution is 0.563. The van der Waals surface area contributed by atoms with Crippen LogP contribution in [-0.4, -0.2) is 10.7 Å². The van der Waals surface area contributed by atoms with E-state index in [4.69, 9.17) is 4.98 Å². The Bertz CT molecular complexity index is 827. The first-order chi connectivity index (χ1) is 13.4. The Hall–Kier alpha value is -1.54. The van der Waals surface area contributed by atoms with Crippen LogP contribution < -0.4 is 0 Å². The first-order valence-corrected chi connectivity index (χ1v) is 11.8. The molecule has 0 unspecified atom stereocenters. The van der Waals surface area contributed by atoms with Gasteiger partial charge in [0.05, 0.1) is 5.52 Å². The zero-order valence-corrected chi connectivity index (χ0v) is 17.6. The Kier molecular flexibility index (Phi) is 8.48. The van der Waals surface area contributed by atoms with Gasteiger partial charge in [-0.15, -0.1) is 11.8 Å². The first-order valence-electron chi connectivity index (χ1n) is 10.8. The fourth-order valence-corrected chi connectivity index (χ4v) is 4.78. The maximum absolute atomic E-state index is 4.95. The standard InChI is InChI=1S/C25H33NS/c1-2-3-4-5-6-7-8-9-10-15-20-27-25-23-18-12-11-16-21(23)22-17-13-14-19-24(22)26-25/h11-14,16-19H,2-10,15,20H2,1H3. The second-order valence-corrected chi connectivity index (χ2v) is 8.59. The number of fused-ring (bicyclic) bond motifs is 3. The minimum atomic E-state index is 1.11. The van der Waals surface area contributed by atoms with Crippen molar-refractivity contribution in [3.05, 3.63) is 48.5 Å². The van der Waals surface area contributed by atoms with Crippen LogP contribution in [0, 0.1) is 0 Å². The highest BCUT2D eigenvalue weighted by atomic mass is 32.2. The average Bonchev–Trinajstić information content (AvgIpc) is 2.72. The van der Waals surface area contributed by atoms with E-state index in [1.807, 2.05) is 11.8 Å². The van der Waals surface area contributed by atoms with Crippen molar-refractivity contribution >= 4 is 33.4 Å². The molecule has 0 saturated heterocycles. The van der Waals surface area contributed by atoms with Gasteiger partial charge in [-0.25, -0.2) is 4.98 Å². The molecule has 0 N–H and O–H groups in total. The fourth-order valence-electron chi connectivity index (χ4n) is 3.74. The number of nitrogens with zero attached hydrogens (tertiary/aromatic N) is 1. The molecule has 0 fully saturated rings. The number of para-hydroxylation sites is 1. The average molecular weight is 380 g/mol. The van der Waals surface area contributed by atoms with Crippen molar-refractivity contribution in [1.29, 1.82) is 0 Å². The third-order valence-corrected chi connectivity index (χ3v) is 6.39. The Morgan fingerprint density at radius 3 is 1.89 bits per heavy atom. The van der Waals surface area contributed by atoms with E-state index in [1.165, 1.54) is 91.1 Å². The van der Waals surface area contributed by atoms with Gasteiger partial charge in [0, 0.05) is 10.8 Å². The Labute approximate surface area is 169 Å². The maximum atomic E-state index is 4.95. The lowest BCUT2D eigenvalue weighted by Gasteiger charge is -2.09. The molecule has 0 aliphatic heterocycles. The SMILES string of the molecule is CCCCCCCCCCCCSc1nc2ccccc2c2ccccc12. The summed E-state index contributed by atoms with van der Waals surface area (Å²) in [5.41, 5.74) is 1.11. The van der Waals surface area contributed by atoms with E-state index < -0.39 is 0 Å². The van der Waals surface area contributed by atoms with Crippen LogP contribution in [0.5, 0.6) is 0 Å². The van der Waals surface area contributed by atoms with Gasteiger partial charge in [-0.1, -0.05) is 107 Å². The topological polar surface area (TPSA) is 12.9 Å². The molecule has 0 spiro atoms. The number of hydrogen-bond donors (Lipinski definition) is 0. The maximum Gasteiger partial charge on any atom is 0.105 e.